The minimum atomic E-state index is -0.0450. The number of amides is 2. The molecule has 1 heterocycles. The van der Waals surface area contributed by atoms with Crippen LogP contribution in [0.4, 0.5) is 4.79 Å². The van der Waals surface area contributed by atoms with Gasteiger partial charge in [0.1, 0.15) is 0 Å². The Morgan fingerprint density at radius 1 is 1.46 bits per heavy atom. The number of carbonyl (C=O) groups excluding carboxylic acids is 1. The Kier molecular flexibility index (Phi) is 11.3. The van der Waals surface area contributed by atoms with Gasteiger partial charge < -0.3 is 4.90 Å². The van der Waals surface area contributed by atoms with Crippen molar-refractivity contribution in [3.05, 3.63) is 36.5 Å². The van der Waals surface area contributed by atoms with Crippen molar-refractivity contribution in [3.8, 4) is 6.07 Å². The molecule has 24 heavy (non-hydrogen) atoms. The minimum absolute atomic E-state index is 0.0450. The van der Waals surface area contributed by atoms with Gasteiger partial charge in [0.15, 0.2) is 0 Å². The molecule has 0 spiro atoms. The highest BCUT2D eigenvalue weighted by molar-refractivity contribution is 5.74. The van der Waals surface area contributed by atoms with E-state index in [-0.39, 0.29) is 12.1 Å². The van der Waals surface area contributed by atoms with E-state index in [1.807, 2.05) is 11.0 Å². The number of hydrogen-bond donors (Lipinski definition) is 1. The van der Waals surface area contributed by atoms with E-state index in [9.17, 15) is 4.79 Å². The number of hydrazine groups is 1. The topological polar surface area (TPSA) is 59.4 Å². The van der Waals surface area contributed by atoms with Crippen molar-refractivity contribution in [2.24, 2.45) is 0 Å². The predicted molar refractivity (Wildman–Crippen MR) is 100 cm³/mol. The Labute approximate surface area is 147 Å². The van der Waals surface area contributed by atoms with Crippen LogP contribution >= 0.6 is 0 Å². The van der Waals surface area contributed by atoms with E-state index in [0.717, 1.165) is 19.4 Å². The highest BCUT2D eigenvalue weighted by Gasteiger charge is 2.26. The first kappa shape index (κ1) is 21.9. The summed E-state index contributed by atoms with van der Waals surface area (Å²) in [6.07, 6.45) is 7.63. The first-order chi connectivity index (χ1) is 11.4. The van der Waals surface area contributed by atoms with Gasteiger partial charge in [0.25, 0.3) is 0 Å². The second-order valence-corrected chi connectivity index (χ2v) is 5.91. The maximum Gasteiger partial charge on any atom is 0.334 e. The second-order valence-electron chi connectivity index (χ2n) is 5.91. The fourth-order valence-electron chi connectivity index (χ4n) is 2.39. The summed E-state index contributed by atoms with van der Waals surface area (Å²) in [4.78, 5) is 14.4. The van der Waals surface area contributed by atoms with E-state index >= 15 is 0 Å². The van der Waals surface area contributed by atoms with Crippen LogP contribution in [-0.2, 0) is 0 Å². The SMILES string of the molecule is C=C/C(C#N)=C\C(=C)CN(NC)C(=O)N1CCCCC1C.CCC. The first-order valence-corrected chi connectivity index (χ1v) is 8.62. The lowest BCUT2D eigenvalue weighted by molar-refractivity contribution is 0.110. The molecule has 1 fully saturated rings. The van der Waals surface area contributed by atoms with Crippen molar-refractivity contribution in [2.45, 2.75) is 52.5 Å². The van der Waals surface area contributed by atoms with Crippen LogP contribution < -0.4 is 5.43 Å². The van der Waals surface area contributed by atoms with E-state index in [1.165, 1.54) is 23.9 Å². The number of urea groups is 1. The molecule has 134 valence electrons. The van der Waals surface area contributed by atoms with Gasteiger partial charge in [-0.25, -0.2) is 10.2 Å². The van der Waals surface area contributed by atoms with Crippen molar-refractivity contribution >= 4 is 6.03 Å². The van der Waals surface area contributed by atoms with E-state index in [4.69, 9.17) is 5.26 Å². The Morgan fingerprint density at radius 2 is 2.08 bits per heavy atom. The van der Waals surface area contributed by atoms with Crippen LogP contribution in [0.1, 0.15) is 46.5 Å². The first-order valence-electron chi connectivity index (χ1n) is 8.62. The molecule has 0 bridgehead atoms. The van der Waals surface area contributed by atoms with Crippen LogP contribution in [0, 0.1) is 11.3 Å². The molecule has 0 aromatic carbocycles. The molecule has 1 saturated heterocycles. The maximum absolute atomic E-state index is 12.5. The van der Waals surface area contributed by atoms with Gasteiger partial charge >= 0.3 is 6.03 Å². The van der Waals surface area contributed by atoms with Gasteiger partial charge in [-0.05, 0) is 37.8 Å². The fraction of sp³-hybridized carbons (Fsp3) is 0.579. The quantitative estimate of drug-likeness (QED) is 0.470. The number of nitriles is 1. The second kappa shape index (κ2) is 12.4. The molecule has 1 unspecified atom stereocenters. The average molecular weight is 332 g/mol. The van der Waals surface area contributed by atoms with Crippen LogP contribution in [0.15, 0.2) is 36.5 Å². The molecular weight excluding hydrogens is 300 g/mol. The van der Waals surface area contributed by atoms with E-state index in [2.05, 4.69) is 39.4 Å². The number of piperidine rings is 1. The van der Waals surface area contributed by atoms with Crippen molar-refractivity contribution in [2.75, 3.05) is 20.1 Å². The summed E-state index contributed by atoms with van der Waals surface area (Å²) in [5, 5.41) is 10.4. The van der Waals surface area contributed by atoms with Crippen LogP contribution in [0.5, 0.6) is 0 Å². The van der Waals surface area contributed by atoms with Crippen molar-refractivity contribution < 1.29 is 4.79 Å². The summed E-state index contributed by atoms with van der Waals surface area (Å²) >= 11 is 0. The summed E-state index contributed by atoms with van der Waals surface area (Å²) in [5.41, 5.74) is 4.02. The molecule has 1 N–H and O–H groups in total. The van der Waals surface area contributed by atoms with E-state index < -0.39 is 0 Å². The van der Waals surface area contributed by atoms with Gasteiger partial charge in [0.05, 0.1) is 18.2 Å². The number of hydrogen-bond acceptors (Lipinski definition) is 3. The highest BCUT2D eigenvalue weighted by atomic mass is 16.2. The smallest absolute Gasteiger partial charge is 0.321 e. The number of likely N-dealkylation sites (tertiary alicyclic amines) is 1. The Balaban J connectivity index is 0.00000163. The predicted octanol–water partition coefficient (Wildman–Crippen LogP) is 4.03. The zero-order valence-electron chi connectivity index (χ0n) is 15.6. The summed E-state index contributed by atoms with van der Waals surface area (Å²) in [6.45, 7) is 14.9. The molecule has 1 aliphatic heterocycles. The fourth-order valence-corrected chi connectivity index (χ4v) is 2.39. The largest absolute Gasteiger partial charge is 0.334 e. The summed E-state index contributed by atoms with van der Waals surface area (Å²) in [7, 11) is 1.71. The number of rotatable bonds is 5. The molecule has 0 aromatic rings. The Morgan fingerprint density at radius 3 is 2.54 bits per heavy atom. The lowest BCUT2D eigenvalue weighted by Gasteiger charge is -2.37. The van der Waals surface area contributed by atoms with E-state index in [1.54, 1.807) is 13.1 Å². The maximum atomic E-state index is 12.5. The van der Waals surface area contributed by atoms with Crippen molar-refractivity contribution in [1.29, 1.82) is 5.26 Å². The monoisotopic (exact) mass is 332 g/mol. The molecule has 1 atom stereocenters. The van der Waals surface area contributed by atoms with Gasteiger partial charge in [-0.3, -0.25) is 5.01 Å². The zero-order chi connectivity index (χ0) is 18.5. The van der Waals surface area contributed by atoms with Gasteiger partial charge in [0.2, 0.25) is 0 Å². The summed E-state index contributed by atoms with van der Waals surface area (Å²) < 4.78 is 0. The van der Waals surface area contributed by atoms with Gasteiger partial charge in [-0.2, -0.15) is 5.26 Å². The van der Waals surface area contributed by atoms with E-state index in [0.29, 0.717) is 17.7 Å². The van der Waals surface area contributed by atoms with Gasteiger partial charge in [-0.15, -0.1) is 0 Å². The standard InChI is InChI=1S/C16H24N4O.C3H8/c1-5-15(11-17)10-13(2)12-20(18-4)16(21)19-9-7-6-8-14(19)3;1-3-2/h5,10,14,18H,1-2,6-9,12H2,3-4H3;3H2,1-2H3/b15-10+;. The lowest BCUT2D eigenvalue weighted by Crippen LogP contribution is -2.53. The normalized spacial score (nSPS) is 17.2. The number of carbonyl (C=O) groups is 1. The van der Waals surface area contributed by atoms with Gasteiger partial charge in [-0.1, -0.05) is 39.5 Å². The minimum Gasteiger partial charge on any atom is -0.321 e. The lowest BCUT2D eigenvalue weighted by atomic mass is 10.0. The number of nitrogens with one attached hydrogen (secondary N) is 1. The summed E-state index contributed by atoms with van der Waals surface area (Å²) in [6, 6.07) is 2.23. The Hall–Kier alpha value is -2.06. The molecule has 0 saturated carbocycles. The number of allylic oxidation sites excluding steroid dienone is 2. The zero-order valence-corrected chi connectivity index (χ0v) is 15.6. The van der Waals surface area contributed by atoms with Crippen LogP contribution in [0.2, 0.25) is 0 Å². The molecule has 0 aliphatic carbocycles. The third-order valence-electron chi connectivity index (χ3n) is 3.62. The van der Waals surface area contributed by atoms with Crippen LogP contribution in [0.25, 0.3) is 0 Å². The molecule has 5 heteroatoms. The molecule has 5 nitrogen and oxygen atoms in total. The Bertz CT molecular complexity index is 490. The van der Waals surface area contributed by atoms with Crippen molar-refractivity contribution in [3.63, 3.8) is 0 Å². The molecular formula is C19H32N4O. The molecule has 1 aliphatic rings. The average Bonchev–Trinajstić information content (AvgIpc) is 2.58. The summed E-state index contributed by atoms with van der Waals surface area (Å²) in [5.74, 6) is 0. The van der Waals surface area contributed by atoms with Crippen molar-refractivity contribution in [1.82, 2.24) is 15.3 Å². The molecule has 1 rings (SSSR count). The molecule has 0 radical (unpaired) electrons. The third-order valence-corrected chi connectivity index (χ3v) is 3.62. The number of nitrogens with zero attached hydrogens (tertiary/aromatic N) is 3. The highest BCUT2D eigenvalue weighted by Crippen LogP contribution is 2.18. The van der Waals surface area contributed by atoms with Crippen LogP contribution in [0.3, 0.4) is 0 Å². The van der Waals surface area contributed by atoms with Crippen LogP contribution in [-0.4, -0.2) is 42.1 Å². The van der Waals surface area contributed by atoms with Gasteiger partial charge in [0, 0.05) is 19.6 Å². The molecule has 2 amide bonds. The third kappa shape index (κ3) is 7.47. The molecule has 0 aromatic heterocycles.